The van der Waals surface area contributed by atoms with Crippen LogP contribution in [0.25, 0.3) is 11.0 Å². The summed E-state index contributed by atoms with van der Waals surface area (Å²) in [6, 6.07) is 0. The normalized spacial score (nSPS) is 30.2. The van der Waals surface area contributed by atoms with Crippen LogP contribution in [0.3, 0.4) is 0 Å². The van der Waals surface area contributed by atoms with E-state index in [1.165, 1.54) is 10.9 Å². The Morgan fingerprint density at radius 3 is 2.80 bits per heavy atom. The highest BCUT2D eigenvalue weighted by Crippen LogP contribution is 2.38. The third-order valence-electron chi connectivity index (χ3n) is 3.70. The summed E-state index contributed by atoms with van der Waals surface area (Å²) in [5, 5.41) is 4.86. The van der Waals surface area contributed by atoms with E-state index in [-0.39, 0.29) is 22.5 Å². The molecule has 0 bridgehead atoms. The zero-order valence-corrected chi connectivity index (χ0v) is 12.4. The first-order valence-electron chi connectivity index (χ1n) is 6.38. The van der Waals surface area contributed by atoms with E-state index in [1.54, 1.807) is 0 Å². The van der Waals surface area contributed by atoms with Gasteiger partial charge < -0.3 is 4.74 Å². The minimum Gasteiger partial charge on any atom is -0.350 e. The van der Waals surface area contributed by atoms with E-state index in [9.17, 15) is 4.39 Å². The van der Waals surface area contributed by atoms with Crippen molar-refractivity contribution in [3.05, 3.63) is 16.6 Å². The number of rotatable bonds is 2. The minimum atomic E-state index is -1.16. The van der Waals surface area contributed by atoms with Crippen molar-refractivity contribution in [1.29, 1.82) is 0 Å². The Labute approximate surface area is 125 Å². The van der Waals surface area contributed by atoms with Crippen LogP contribution in [-0.4, -0.2) is 32.0 Å². The minimum absolute atomic E-state index is 0.00209. The third kappa shape index (κ3) is 2.06. The van der Waals surface area contributed by atoms with E-state index in [1.807, 2.05) is 13.8 Å². The standard InChI is InChI=1S/C12H13Cl2FN4O/c1-3-7-5(2)8(15)11(20-7)19-10-6(4-16-19)9(13)17-12(14)18-10/h4-5,7-8,11H,3H2,1-2H3/t5-,7-,8+,11-/m1/s1. The highest BCUT2D eigenvalue weighted by Gasteiger charge is 2.43. The maximum absolute atomic E-state index is 14.4. The van der Waals surface area contributed by atoms with Crippen LogP contribution in [-0.2, 0) is 4.74 Å². The fourth-order valence-corrected chi connectivity index (χ4v) is 2.98. The van der Waals surface area contributed by atoms with Crippen molar-refractivity contribution in [3.8, 4) is 0 Å². The van der Waals surface area contributed by atoms with Crippen LogP contribution in [0.5, 0.6) is 0 Å². The average Bonchev–Trinajstić information content (AvgIpc) is 2.93. The molecule has 1 fully saturated rings. The van der Waals surface area contributed by atoms with Crippen molar-refractivity contribution >= 4 is 34.2 Å². The van der Waals surface area contributed by atoms with Gasteiger partial charge in [0.15, 0.2) is 18.0 Å². The van der Waals surface area contributed by atoms with E-state index < -0.39 is 12.4 Å². The molecular formula is C12H13Cl2FN4O. The van der Waals surface area contributed by atoms with Gasteiger partial charge >= 0.3 is 0 Å². The van der Waals surface area contributed by atoms with Crippen LogP contribution in [0, 0.1) is 5.92 Å². The Hall–Kier alpha value is -0.980. The van der Waals surface area contributed by atoms with E-state index >= 15 is 0 Å². The summed E-state index contributed by atoms with van der Waals surface area (Å²) in [6.07, 6.45) is 0.133. The molecule has 108 valence electrons. The van der Waals surface area contributed by atoms with Gasteiger partial charge in [-0.05, 0) is 18.0 Å². The largest absolute Gasteiger partial charge is 0.350 e. The van der Waals surface area contributed by atoms with Crippen LogP contribution >= 0.6 is 23.2 Å². The fourth-order valence-electron chi connectivity index (χ4n) is 2.56. The second-order valence-corrected chi connectivity index (χ2v) is 5.58. The topological polar surface area (TPSA) is 52.8 Å². The number of aromatic nitrogens is 4. The van der Waals surface area contributed by atoms with E-state index in [4.69, 9.17) is 27.9 Å². The first kappa shape index (κ1) is 14.0. The molecule has 0 amide bonds. The lowest BCUT2D eigenvalue weighted by Crippen LogP contribution is -2.21. The van der Waals surface area contributed by atoms with Gasteiger partial charge in [0.2, 0.25) is 5.28 Å². The zero-order valence-electron chi connectivity index (χ0n) is 10.9. The predicted molar refractivity (Wildman–Crippen MR) is 73.6 cm³/mol. The predicted octanol–water partition coefficient (Wildman–Crippen LogP) is 3.41. The molecule has 1 aliphatic heterocycles. The van der Waals surface area contributed by atoms with E-state index in [0.29, 0.717) is 11.0 Å². The number of hydrogen-bond acceptors (Lipinski definition) is 4. The summed E-state index contributed by atoms with van der Waals surface area (Å²) in [4.78, 5) is 7.91. The average molecular weight is 319 g/mol. The van der Waals surface area contributed by atoms with Crippen LogP contribution in [0.1, 0.15) is 26.5 Å². The Morgan fingerprint density at radius 2 is 2.15 bits per heavy atom. The van der Waals surface area contributed by atoms with Crippen molar-refractivity contribution in [2.75, 3.05) is 0 Å². The number of alkyl halides is 1. The van der Waals surface area contributed by atoms with Gasteiger partial charge in [0.05, 0.1) is 17.7 Å². The molecule has 2 aromatic rings. The van der Waals surface area contributed by atoms with Crippen molar-refractivity contribution in [3.63, 3.8) is 0 Å². The molecule has 5 nitrogen and oxygen atoms in total. The summed E-state index contributed by atoms with van der Waals surface area (Å²) in [5.74, 6) is -0.197. The molecule has 1 aliphatic rings. The molecule has 3 heterocycles. The van der Waals surface area contributed by atoms with Crippen LogP contribution in [0.2, 0.25) is 10.4 Å². The fraction of sp³-hybridized carbons (Fsp3) is 0.583. The van der Waals surface area contributed by atoms with E-state index in [2.05, 4.69) is 15.1 Å². The van der Waals surface area contributed by atoms with Crippen molar-refractivity contribution < 1.29 is 9.13 Å². The first-order chi connectivity index (χ1) is 9.52. The highest BCUT2D eigenvalue weighted by atomic mass is 35.5. The number of ether oxygens (including phenoxy) is 1. The maximum atomic E-state index is 14.4. The molecule has 0 radical (unpaired) electrons. The number of nitrogens with zero attached hydrogens (tertiary/aromatic N) is 4. The second kappa shape index (κ2) is 5.09. The summed E-state index contributed by atoms with van der Waals surface area (Å²) >= 11 is 11.8. The molecule has 2 aromatic heterocycles. The maximum Gasteiger partial charge on any atom is 0.225 e. The second-order valence-electron chi connectivity index (χ2n) is 4.89. The van der Waals surface area contributed by atoms with Gasteiger partial charge in [0.25, 0.3) is 0 Å². The molecule has 0 aromatic carbocycles. The van der Waals surface area contributed by atoms with E-state index in [0.717, 1.165) is 6.42 Å². The number of halogens is 3. The molecule has 0 N–H and O–H groups in total. The Kier molecular flexibility index (Phi) is 3.56. The number of hydrogen-bond donors (Lipinski definition) is 0. The Morgan fingerprint density at radius 1 is 1.40 bits per heavy atom. The quantitative estimate of drug-likeness (QED) is 0.629. The SMILES string of the molecule is CC[C@H]1O[C@@H](n2ncc3c(Cl)nc(Cl)nc32)[C@@H](F)[C@@H]1C. The van der Waals surface area contributed by atoms with Gasteiger partial charge in [-0.25, -0.2) is 14.1 Å². The van der Waals surface area contributed by atoms with Gasteiger partial charge in [0.1, 0.15) is 5.15 Å². The smallest absolute Gasteiger partial charge is 0.225 e. The summed E-state index contributed by atoms with van der Waals surface area (Å²) in [6.45, 7) is 3.80. The lowest BCUT2D eigenvalue weighted by atomic mass is 10.00. The molecule has 1 saturated heterocycles. The van der Waals surface area contributed by atoms with Gasteiger partial charge in [-0.2, -0.15) is 10.1 Å². The first-order valence-corrected chi connectivity index (χ1v) is 7.14. The zero-order chi connectivity index (χ0) is 14.4. The summed E-state index contributed by atoms with van der Waals surface area (Å²) in [7, 11) is 0. The molecule has 0 spiro atoms. The van der Waals surface area contributed by atoms with Crippen LogP contribution in [0.15, 0.2) is 6.20 Å². The Balaban J connectivity index is 2.07. The van der Waals surface area contributed by atoms with Crippen molar-refractivity contribution in [2.24, 2.45) is 5.92 Å². The lowest BCUT2D eigenvalue weighted by molar-refractivity contribution is -0.0256. The van der Waals surface area contributed by atoms with Crippen LogP contribution in [0.4, 0.5) is 4.39 Å². The molecule has 0 unspecified atom stereocenters. The van der Waals surface area contributed by atoms with Crippen molar-refractivity contribution in [2.45, 2.75) is 38.8 Å². The molecule has 0 saturated carbocycles. The third-order valence-corrected chi connectivity index (χ3v) is 4.16. The van der Waals surface area contributed by atoms with Gasteiger partial charge in [-0.1, -0.05) is 25.4 Å². The molecule has 20 heavy (non-hydrogen) atoms. The van der Waals surface area contributed by atoms with Gasteiger partial charge in [0, 0.05) is 5.92 Å². The van der Waals surface area contributed by atoms with Gasteiger partial charge in [-0.15, -0.1) is 0 Å². The summed E-state index contributed by atoms with van der Waals surface area (Å²) in [5.41, 5.74) is 0.381. The van der Waals surface area contributed by atoms with Gasteiger partial charge in [-0.3, -0.25) is 0 Å². The molecule has 0 aliphatic carbocycles. The number of fused-ring (bicyclic) bond motifs is 1. The molecular weight excluding hydrogens is 306 g/mol. The summed E-state index contributed by atoms with van der Waals surface area (Å²) < 4.78 is 21.6. The Bertz CT molecular complexity index is 650. The van der Waals surface area contributed by atoms with Crippen molar-refractivity contribution in [1.82, 2.24) is 19.7 Å². The molecule has 3 rings (SSSR count). The van der Waals surface area contributed by atoms with Crippen LogP contribution < -0.4 is 0 Å². The molecule has 4 atom stereocenters. The highest BCUT2D eigenvalue weighted by molar-refractivity contribution is 6.35. The monoisotopic (exact) mass is 318 g/mol. The molecule has 8 heteroatoms. The lowest BCUT2D eigenvalue weighted by Gasteiger charge is -2.14.